The summed E-state index contributed by atoms with van der Waals surface area (Å²) in [6.07, 6.45) is 0. The van der Waals surface area contributed by atoms with Gasteiger partial charge in [0.25, 0.3) is 0 Å². The van der Waals surface area contributed by atoms with E-state index in [2.05, 4.69) is 42.6 Å². The topological polar surface area (TPSA) is 38.0 Å². The zero-order chi connectivity index (χ0) is 13.1. The monoisotopic (exact) mass is 404 g/mol. The van der Waals surface area contributed by atoms with Crippen LogP contribution < -0.4 is 11.1 Å². The minimum atomic E-state index is 0.398. The molecule has 0 spiro atoms. The van der Waals surface area contributed by atoms with Crippen molar-refractivity contribution in [3.05, 3.63) is 49.0 Å². The largest absolute Gasteiger partial charge is 0.389 e. The van der Waals surface area contributed by atoms with Crippen molar-refractivity contribution >= 4 is 66.1 Å². The van der Waals surface area contributed by atoms with E-state index in [9.17, 15) is 0 Å². The van der Waals surface area contributed by atoms with Crippen LogP contribution in [-0.4, -0.2) is 4.99 Å². The third-order valence-electron chi connectivity index (χ3n) is 2.38. The molecule has 0 aliphatic heterocycles. The molecule has 3 N–H and O–H groups in total. The number of halogens is 2. The first-order valence-electron chi connectivity index (χ1n) is 5.13. The van der Waals surface area contributed by atoms with Gasteiger partial charge in [-0.1, -0.05) is 28.1 Å². The molecule has 0 aliphatic carbocycles. The molecule has 1 aromatic heterocycles. The molecule has 1 heterocycles. The predicted molar refractivity (Wildman–Crippen MR) is 89.4 cm³/mol. The van der Waals surface area contributed by atoms with Gasteiger partial charge in [0.05, 0.1) is 6.54 Å². The van der Waals surface area contributed by atoms with Gasteiger partial charge in [0.1, 0.15) is 4.99 Å². The Balaban J connectivity index is 2.20. The first-order valence-corrected chi connectivity index (χ1v) is 8.00. The number of hydrogen-bond acceptors (Lipinski definition) is 3. The molecule has 2 rings (SSSR count). The fourth-order valence-corrected chi connectivity index (χ4v) is 3.48. The molecule has 18 heavy (non-hydrogen) atoms. The lowest BCUT2D eigenvalue weighted by Crippen LogP contribution is -2.13. The van der Waals surface area contributed by atoms with Crippen molar-refractivity contribution in [1.29, 1.82) is 0 Å². The van der Waals surface area contributed by atoms with Crippen LogP contribution in [-0.2, 0) is 6.54 Å². The van der Waals surface area contributed by atoms with Gasteiger partial charge in [-0.05, 0) is 45.6 Å². The van der Waals surface area contributed by atoms with Crippen LogP contribution in [0.2, 0.25) is 0 Å². The lowest BCUT2D eigenvalue weighted by Gasteiger charge is -2.11. The van der Waals surface area contributed by atoms with Crippen LogP contribution in [0.1, 0.15) is 10.4 Å². The highest BCUT2D eigenvalue weighted by atomic mass is 79.9. The average molecular weight is 406 g/mol. The molecule has 0 unspecified atom stereocenters. The molecule has 1 aromatic carbocycles. The van der Waals surface area contributed by atoms with Crippen molar-refractivity contribution < 1.29 is 0 Å². The van der Waals surface area contributed by atoms with Crippen molar-refractivity contribution in [3.63, 3.8) is 0 Å². The van der Waals surface area contributed by atoms with E-state index in [0.29, 0.717) is 4.99 Å². The van der Waals surface area contributed by atoms with Gasteiger partial charge < -0.3 is 11.1 Å². The lowest BCUT2D eigenvalue weighted by molar-refractivity contribution is 1.18. The number of benzene rings is 1. The Morgan fingerprint density at radius 3 is 2.72 bits per heavy atom. The normalized spacial score (nSPS) is 10.3. The number of anilines is 1. The third kappa shape index (κ3) is 3.32. The highest BCUT2D eigenvalue weighted by Gasteiger charge is 2.07. The van der Waals surface area contributed by atoms with Crippen LogP contribution >= 0.6 is 55.4 Å². The van der Waals surface area contributed by atoms with Gasteiger partial charge in [0.15, 0.2) is 0 Å². The quantitative estimate of drug-likeness (QED) is 0.734. The molecule has 2 aromatic rings. The maximum absolute atomic E-state index is 5.71. The van der Waals surface area contributed by atoms with Crippen molar-refractivity contribution in [1.82, 2.24) is 0 Å². The summed E-state index contributed by atoms with van der Waals surface area (Å²) in [4.78, 5) is 1.64. The summed E-state index contributed by atoms with van der Waals surface area (Å²) < 4.78 is 2.11. The maximum atomic E-state index is 5.71. The molecule has 0 saturated heterocycles. The van der Waals surface area contributed by atoms with E-state index >= 15 is 0 Å². The summed E-state index contributed by atoms with van der Waals surface area (Å²) in [5, 5.41) is 5.41. The van der Waals surface area contributed by atoms with Crippen molar-refractivity contribution in [2.75, 3.05) is 5.32 Å². The lowest BCUT2D eigenvalue weighted by atomic mass is 10.2. The van der Waals surface area contributed by atoms with E-state index in [0.717, 1.165) is 26.7 Å². The molecular weight excluding hydrogens is 396 g/mol. The van der Waals surface area contributed by atoms with Gasteiger partial charge in [-0.15, -0.1) is 11.3 Å². The van der Waals surface area contributed by atoms with Gasteiger partial charge in [0.2, 0.25) is 0 Å². The van der Waals surface area contributed by atoms with Crippen LogP contribution in [0, 0.1) is 0 Å². The molecular formula is C12H10Br2N2S2. The Hall–Kier alpha value is -0.430. The molecule has 2 nitrogen and oxygen atoms in total. The molecule has 0 atom stereocenters. The van der Waals surface area contributed by atoms with E-state index in [1.54, 1.807) is 11.3 Å². The molecule has 0 aliphatic rings. The number of hydrogen-bond donors (Lipinski definition) is 2. The number of nitrogens with two attached hydrogens (primary N) is 1. The highest BCUT2D eigenvalue weighted by Crippen LogP contribution is 2.26. The fourth-order valence-electron chi connectivity index (χ4n) is 1.50. The summed E-state index contributed by atoms with van der Waals surface area (Å²) in [6, 6.07) is 7.87. The van der Waals surface area contributed by atoms with E-state index in [1.165, 1.54) is 4.88 Å². The Morgan fingerprint density at radius 2 is 2.11 bits per heavy atom. The first-order chi connectivity index (χ1) is 8.58. The zero-order valence-corrected chi connectivity index (χ0v) is 14.0. The number of nitrogens with one attached hydrogen (secondary N) is 1. The maximum Gasteiger partial charge on any atom is 0.106 e. The van der Waals surface area contributed by atoms with Crippen LogP contribution in [0.4, 0.5) is 5.69 Å². The third-order valence-corrected chi connectivity index (χ3v) is 5.02. The van der Waals surface area contributed by atoms with E-state index in [4.69, 9.17) is 18.0 Å². The number of thiophene rings is 1. The van der Waals surface area contributed by atoms with Crippen LogP contribution in [0.5, 0.6) is 0 Å². The van der Waals surface area contributed by atoms with Gasteiger partial charge in [0, 0.05) is 25.1 Å². The molecule has 0 fully saturated rings. The van der Waals surface area contributed by atoms with Gasteiger partial charge in [-0.25, -0.2) is 0 Å². The van der Waals surface area contributed by atoms with E-state index < -0.39 is 0 Å². The Kier molecular flexibility index (Phi) is 4.77. The second kappa shape index (κ2) is 6.14. The van der Waals surface area contributed by atoms with E-state index in [-0.39, 0.29) is 0 Å². The Bertz CT molecular complexity index is 581. The standard InChI is InChI=1S/C12H10Br2N2S2/c13-7-1-2-8(12(15)17)10(5-7)16-6-11-9(14)3-4-18-11/h1-5,16H,6H2,(H2,15,17). The first kappa shape index (κ1) is 14.0. The minimum absolute atomic E-state index is 0.398. The molecule has 94 valence electrons. The molecule has 0 radical (unpaired) electrons. The summed E-state index contributed by atoms with van der Waals surface area (Å²) in [5.74, 6) is 0. The van der Waals surface area contributed by atoms with Gasteiger partial charge in [-0.2, -0.15) is 0 Å². The second-order valence-corrected chi connectivity index (χ2v) is 6.81. The summed E-state index contributed by atoms with van der Waals surface area (Å²) in [6.45, 7) is 0.740. The fraction of sp³-hybridized carbons (Fsp3) is 0.0833. The second-order valence-electron chi connectivity index (χ2n) is 3.60. The Labute approximate surface area is 132 Å². The zero-order valence-electron chi connectivity index (χ0n) is 9.24. The molecule has 0 bridgehead atoms. The van der Waals surface area contributed by atoms with Crippen LogP contribution in [0.3, 0.4) is 0 Å². The summed E-state index contributed by atoms with van der Waals surface area (Å²) >= 11 is 13.7. The van der Waals surface area contributed by atoms with Crippen LogP contribution in [0.25, 0.3) is 0 Å². The van der Waals surface area contributed by atoms with Gasteiger partial charge in [-0.3, -0.25) is 0 Å². The number of thiocarbonyl (C=S) groups is 1. The predicted octanol–water partition coefficient (Wildman–Crippen LogP) is 4.52. The van der Waals surface area contributed by atoms with Crippen LogP contribution in [0.15, 0.2) is 38.6 Å². The highest BCUT2D eigenvalue weighted by molar-refractivity contribution is 9.10. The number of rotatable bonds is 4. The molecule has 6 heteroatoms. The van der Waals surface area contributed by atoms with Crippen molar-refractivity contribution in [3.8, 4) is 0 Å². The van der Waals surface area contributed by atoms with Crippen molar-refractivity contribution in [2.24, 2.45) is 5.73 Å². The average Bonchev–Trinajstić information content (AvgIpc) is 2.72. The summed E-state index contributed by atoms with van der Waals surface area (Å²) in [5.41, 5.74) is 7.52. The minimum Gasteiger partial charge on any atom is -0.389 e. The van der Waals surface area contributed by atoms with Gasteiger partial charge >= 0.3 is 0 Å². The smallest absolute Gasteiger partial charge is 0.106 e. The van der Waals surface area contributed by atoms with Crippen molar-refractivity contribution in [2.45, 2.75) is 6.54 Å². The SMILES string of the molecule is NC(=S)c1ccc(Br)cc1NCc1sccc1Br. The molecule has 0 amide bonds. The molecule has 0 saturated carbocycles. The Morgan fingerprint density at radius 1 is 1.33 bits per heavy atom. The van der Waals surface area contributed by atoms with E-state index in [1.807, 2.05) is 24.3 Å². The summed E-state index contributed by atoms with van der Waals surface area (Å²) in [7, 11) is 0.